The molecule has 1 nitrogen and oxygen atoms in total. The van der Waals surface area contributed by atoms with Crippen LogP contribution in [0.5, 0.6) is 0 Å². The van der Waals surface area contributed by atoms with Crippen molar-refractivity contribution in [2.75, 3.05) is 6.54 Å². The van der Waals surface area contributed by atoms with E-state index >= 15 is 0 Å². The van der Waals surface area contributed by atoms with Gasteiger partial charge in [-0.2, -0.15) is 0 Å². The smallest absolute Gasteiger partial charge is 0.0624 e. The maximum Gasteiger partial charge on any atom is 0.0624 e. The molecule has 1 N–H and O–H groups in total. The van der Waals surface area contributed by atoms with Gasteiger partial charge < -0.3 is 5.32 Å². The van der Waals surface area contributed by atoms with Gasteiger partial charge in [0.05, 0.1) is 5.54 Å². The highest BCUT2D eigenvalue weighted by Crippen LogP contribution is 2.39. The molecule has 1 aliphatic heterocycles. The van der Waals surface area contributed by atoms with Crippen LogP contribution in [0.3, 0.4) is 0 Å². The Kier molecular flexibility index (Phi) is 2.12. The van der Waals surface area contributed by atoms with Crippen LogP contribution in [0.2, 0.25) is 0 Å². The molecule has 18 heavy (non-hydrogen) atoms. The zero-order valence-electron chi connectivity index (χ0n) is 10.4. The minimum atomic E-state index is 0.123. The summed E-state index contributed by atoms with van der Waals surface area (Å²) in [5.41, 5.74) is 3.12. The highest BCUT2D eigenvalue weighted by atomic mass is 15.0. The first-order valence-electron chi connectivity index (χ1n) is 6.82. The van der Waals surface area contributed by atoms with Crippen molar-refractivity contribution < 1.29 is 0 Å². The first-order chi connectivity index (χ1) is 8.87. The van der Waals surface area contributed by atoms with Crippen molar-refractivity contribution >= 4 is 10.8 Å². The molecule has 0 radical (unpaired) electrons. The first-order valence-corrected chi connectivity index (χ1v) is 6.82. The van der Waals surface area contributed by atoms with E-state index in [0.29, 0.717) is 0 Å². The quantitative estimate of drug-likeness (QED) is 0.689. The molecular weight excluding hydrogens is 218 g/mol. The van der Waals surface area contributed by atoms with Gasteiger partial charge in [0.15, 0.2) is 0 Å². The predicted molar refractivity (Wildman–Crippen MR) is 75.7 cm³/mol. The number of hydrogen-bond donors (Lipinski definition) is 1. The lowest BCUT2D eigenvalue weighted by Gasteiger charge is -2.32. The Morgan fingerprint density at radius 2 is 1.89 bits per heavy atom. The molecule has 2 aliphatic rings. The molecule has 1 spiro atoms. The van der Waals surface area contributed by atoms with Gasteiger partial charge >= 0.3 is 0 Å². The maximum absolute atomic E-state index is 3.71. The Labute approximate surface area is 108 Å². The summed E-state index contributed by atoms with van der Waals surface area (Å²) >= 11 is 0. The van der Waals surface area contributed by atoms with Crippen molar-refractivity contribution in [1.29, 1.82) is 0 Å². The number of allylic oxidation sites excluding steroid dienone is 1. The molecule has 1 aliphatic carbocycles. The molecule has 1 fully saturated rings. The number of rotatable bonds is 0. The second-order valence-electron chi connectivity index (χ2n) is 5.46. The molecule has 90 valence electrons. The van der Waals surface area contributed by atoms with E-state index in [2.05, 4.69) is 53.9 Å². The third-order valence-corrected chi connectivity index (χ3v) is 4.38. The van der Waals surface area contributed by atoms with E-state index < -0.39 is 0 Å². The van der Waals surface area contributed by atoms with Crippen LogP contribution < -0.4 is 5.32 Å². The zero-order chi connectivity index (χ0) is 12.0. The number of hydrogen-bond acceptors (Lipinski definition) is 1. The Hall–Kier alpha value is -1.60. The summed E-state index contributed by atoms with van der Waals surface area (Å²) in [6.07, 6.45) is 8.29. The fraction of sp³-hybridized carbons (Fsp3) is 0.294. The van der Waals surface area contributed by atoms with E-state index in [0.717, 1.165) is 13.0 Å². The molecule has 0 saturated carbocycles. The number of benzene rings is 2. The second-order valence-corrected chi connectivity index (χ2v) is 5.46. The Morgan fingerprint density at radius 1 is 1.06 bits per heavy atom. The van der Waals surface area contributed by atoms with E-state index in [-0.39, 0.29) is 5.54 Å². The minimum Gasteiger partial charge on any atom is -0.304 e. The fourth-order valence-electron chi connectivity index (χ4n) is 3.49. The lowest BCUT2D eigenvalue weighted by atomic mass is 9.79. The molecule has 4 rings (SSSR count). The third kappa shape index (κ3) is 1.37. The fourth-order valence-corrected chi connectivity index (χ4v) is 3.49. The highest BCUT2D eigenvalue weighted by molar-refractivity contribution is 5.84. The largest absolute Gasteiger partial charge is 0.304 e. The summed E-state index contributed by atoms with van der Waals surface area (Å²) < 4.78 is 0. The molecule has 1 saturated heterocycles. The van der Waals surface area contributed by atoms with Crippen molar-refractivity contribution in [3.63, 3.8) is 0 Å². The summed E-state index contributed by atoms with van der Waals surface area (Å²) in [7, 11) is 0. The molecule has 0 aromatic heterocycles. The highest BCUT2D eigenvalue weighted by Gasteiger charge is 2.35. The second kappa shape index (κ2) is 3.69. The van der Waals surface area contributed by atoms with E-state index in [4.69, 9.17) is 0 Å². The van der Waals surface area contributed by atoms with Gasteiger partial charge in [-0.25, -0.2) is 0 Å². The Bertz CT molecular complexity index is 633. The first kappa shape index (κ1) is 10.3. The summed E-state index contributed by atoms with van der Waals surface area (Å²) in [6.45, 7) is 1.14. The number of fused-ring (bicyclic) bond motifs is 3. The normalized spacial score (nSPS) is 25.8. The molecule has 0 amide bonds. The average Bonchev–Trinajstić information content (AvgIpc) is 2.87. The van der Waals surface area contributed by atoms with E-state index in [9.17, 15) is 0 Å². The monoisotopic (exact) mass is 235 g/mol. The van der Waals surface area contributed by atoms with Gasteiger partial charge in [0.25, 0.3) is 0 Å². The lowest BCUT2D eigenvalue weighted by molar-refractivity contribution is 0.485. The molecular formula is C17H17N. The van der Waals surface area contributed by atoms with Crippen molar-refractivity contribution in [2.45, 2.75) is 24.8 Å². The van der Waals surface area contributed by atoms with Gasteiger partial charge in [-0.15, -0.1) is 0 Å². The summed E-state index contributed by atoms with van der Waals surface area (Å²) in [4.78, 5) is 0. The van der Waals surface area contributed by atoms with Crippen LogP contribution >= 0.6 is 0 Å². The summed E-state index contributed by atoms with van der Waals surface area (Å²) in [5, 5.41) is 6.43. The van der Waals surface area contributed by atoms with Gasteiger partial charge in [-0.05, 0) is 53.8 Å². The molecule has 1 heterocycles. The molecule has 2 aromatic carbocycles. The molecule has 1 atom stereocenters. The van der Waals surface area contributed by atoms with Crippen molar-refractivity contribution in [2.24, 2.45) is 0 Å². The molecule has 1 unspecified atom stereocenters. The SMILES string of the molecule is C1=CC2(CCCN2)c2cc3ccccc3cc2C1. The van der Waals surface area contributed by atoms with Crippen LogP contribution in [0.1, 0.15) is 24.0 Å². The van der Waals surface area contributed by atoms with Crippen LogP contribution in [0, 0.1) is 0 Å². The summed E-state index contributed by atoms with van der Waals surface area (Å²) in [6, 6.07) is 13.4. The molecule has 1 heteroatoms. The van der Waals surface area contributed by atoms with Crippen LogP contribution in [0.15, 0.2) is 48.6 Å². The lowest BCUT2D eigenvalue weighted by Crippen LogP contribution is -2.37. The third-order valence-electron chi connectivity index (χ3n) is 4.38. The van der Waals surface area contributed by atoms with Crippen molar-refractivity contribution in [3.05, 3.63) is 59.7 Å². The van der Waals surface area contributed by atoms with Crippen LogP contribution in [-0.4, -0.2) is 6.54 Å². The van der Waals surface area contributed by atoms with Gasteiger partial charge in [0.1, 0.15) is 0 Å². The van der Waals surface area contributed by atoms with Gasteiger partial charge in [0, 0.05) is 0 Å². The van der Waals surface area contributed by atoms with Gasteiger partial charge in [0.2, 0.25) is 0 Å². The maximum atomic E-state index is 3.71. The van der Waals surface area contributed by atoms with Crippen LogP contribution in [0.25, 0.3) is 10.8 Å². The molecule has 0 bridgehead atoms. The van der Waals surface area contributed by atoms with Crippen molar-refractivity contribution in [1.82, 2.24) is 5.32 Å². The van der Waals surface area contributed by atoms with Crippen LogP contribution in [0.4, 0.5) is 0 Å². The van der Waals surface area contributed by atoms with Gasteiger partial charge in [-0.3, -0.25) is 0 Å². The Balaban J connectivity index is 1.99. The zero-order valence-corrected chi connectivity index (χ0v) is 10.4. The van der Waals surface area contributed by atoms with Crippen molar-refractivity contribution in [3.8, 4) is 0 Å². The summed E-state index contributed by atoms with van der Waals surface area (Å²) in [5.74, 6) is 0. The number of nitrogens with one attached hydrogen (secondary N) is 1. The topological polar surface area (TPSA) is 12.0 Å². The van der Waals surface area contributed by atoms with Crippen LogP contribution in [-0.2, 0) is 12.0 Å². The molecule has 2 aromatic rings. The van der Waals surface area contributed by atoms with E-state index in [1.165, 1.54) is 34.7 Å². The van der Waals surface area contributed by atoms with E-state index in [1.54, 1.807) is 0 Å². The van der Waals surface area contributed by atoms with Gasteiger partial charge in [-0.1, -0.05) is 42.5 Å². The predicted octanol–water partition coefficient (Wildman–Crippen LogP) is 3.53. The van der Waals surface area contributed by atoms with E-state index in [1.807, 2.05) is 0 Å². The minimum absolute atomic E-state index is 0.123. The average molecular weight is 235 g/mol. The standard InChI is InChI=1S/C17H17N/c1-2-6-14-12-16-15(11-13(14)5-1)7-3-8-17(16)9-4-10-18-17/h1-3,5-6,8,11-12,18H,4,7,9-10H2. The Morgan fingerprint density at radius 3 is 2.67 bits per heavy atom.